The van der Waals surface area contributed by atoms with Crippen LogP contribution in [0, 0.1) is 0 Å². The van der Waals surface area contributed by atoms with Crippen molar-refractivity contribution in [2.75, 3.05) is 20.3 Å². The van der Waals surface area contributed by atoms with Gasteiger partial charge in [-0.15, -0.1) is 0 Å². The van der Waals surface area contributed by atoms with Gasteiger partial charge in [-0.05, 0) is 44.0 Å². The van der Waals surface area contributed by atoms with Crippen molar-refractivity contribution >= 4 is 23.4 Å². The molecule has 3 heterocycles. The fraction of sp³-hybridized carbons (Fsp3) is 0.308. The standard InChI is InChI=1S/C26H27N3O5S/c1-5-13-34-23-18(10-7-11-19(23)32-4)22-21(25(31)33-6-2)16(3)28-26-29(22)24(30)20(35-26)14-17-9-8-12-27-15-17/h7-12,14-15,22H,5-6,13H2,1-4H3. The first kappa shape index (κ1) is 24.4. The highest BCUT2D eigenvalue weighted by Gasteiger charge is 2.35. The third kappa shape index (κ3) is 4.77. The number of pyridine rings is 1. The first-order valence-corrected chi connectivity index (χ1v) is 12.2. The molecule has 8 nitrogen and oxygen atoms in total. The lowest BCUT2D eigenvalue weighted by atomic mass is 9.94. The topological polar surface area (TPSA) is 92.0 Å². The summed E-state index contributed by atoms with van der Waals surface area (Å²) in [6, 6.07) is 8.34. The summed E-state index contributed by atoms with van der Waals surface area (Å²) in [7, 11) is 1.56. The Morgan fingerprint density at radius 3 is 2.74 bits per heavy atom. The molecule has 0 bridgehead atoms. The van der Waals surface area contributed by atoms with Crippen molar-refractivity contribution in [3.8, 4) is 11.5 Å². The third-order valence-electron chi connectivity index (χ3n) is 5.47. The minimum absolute atomic E-state index is 0.199. The van der Waals surface area contributed by atoms with Gasteiger partial charge in [-0.25, -0.2) is 9.79 Å². The lowest BCUT2D eigenvalue weighted by molar-refractivity contribution is -0.139. The van der Waals surface area contributed by atoms with Crippen LogP contribution in [-0.2, 0) is 9.53 Å². The van der Waals surface area contributed by atoms with Crippen molar-refractivity contribution in [3.05, 3.63) is 84.8 Å². The van der Waals surface area contributed by atoms with Crippen LogP contribution in [0.2, 0.25) is 0 Å². The molecule has 0 saturated carbocycles. The predicted octanol–water partition coefficient (Wildman–Crippen LogP) is 2.99. The number of rotatable bonds is 8. The zero-order valence-corrected chi connectivity index (χ0v) is 20.9. The maximum atomic E-state index is 13.7. The molecule has 0 N–H and O–H groups in total. The smallest absolute Gasteiger partial charge is 0.338 e. The van der Waals surface area contributed by atoms with Gasteiger partial charge < -0.3 is 14.2 Å². The van der Waals surface area contributed by atoms with E-state index in [9.17, 15) is 9.59 Å². The first-order chi connectivity index (χ1) is 17.0. The molecule has 1 atom stereocenters. The number of benzene rings is 1. The van der Waals surface area contributed by atoms with Gasteiger partial charge in [0, 0.05) is 18.0 Å². The van der Waals surface area contributed by atoms with Gasteiger partial charge in [0.2, 0.25) is 0 Å². The van der Waals surface area contributed by atoms with Crippen molar-refractivity contribution in [1.29, 1.82) is 0 Å². The Morgan fingerprint density at radius 2 is 2.06 bits per heavy atom. The van der Waals surface area contributed by atoms with Crippen LogP contribution in [0.5, 0.6) is 11.5 Å². The number of carbonyl (C=O) groups is 1. The Bertz CT molecular complexity index is 1440. The van der Waals surface area contributed by atoms with E-state index in [0.29, 0.717) is 44.3 Å². The average molecular weight is 494 g/mol. The summed E-state index contributed by atoms with van der Waals surface area (Å²) in [5.41, 5.74) is 1.95. The van der Waals surface area contributed by atoms with Crippen molar-refractivity contribution in [1.82, 2.24) is 9.55 Å². The van der Waals surface area contributed by atoms with Gasteiger partial charge in [-0.1, -0.05) is 36.5 Å². The molecule has 4 rings (SSSR count). The highest BCUT2D eigenvalue weighted by Crippen LogP contribution is 2.40. The number of fused-ring (bicyclic) bond motifs is 1. The number of hydrogen-bond donors (Lipinski definition) is 0. The number of para-hydroxylation sites is 1. The third-order valence-corrected chi connectivity index (χ3v) is 6.46. The molecule has 0 fully saturated rings. The number of methoxy groups -OCH3 is 1. The number of hydrogen-bond acceptors (Lipinski definition) is 8. The molecule has 1 aromatic carbocycles. The Kier molecular flexibility index (Phi) is 7.45. The molecule has 0 radical (unpaired) electrons. The number of esters is 1. The maximum absolute atomic E-state index is 13.7. The van der Waals surface area contributed by atoms with Crippen LogP contribution in [0.25, 0.3) is 6.08 Å². The van der Waals surface area contributed by atoms with E-state index in [1.165, 1.54) is 11.3 Å². The van der Waals surface area contributed by atoms with E-state index in [1.807, 2.05) is 31.2 Å². The number of carbonyl (C=O) groups excluding carboxylic acids is 1. The van der Waals surface area contributed by atoms with Crippen molar-refractivity contribution < 1.29 is 19.0 Å². The van der Waals surface area contributed by atoms with Crippen LogP contribution in [0.3, 0.4) is 0 Å². The molecule has 0 spiro atoms. The van der Waals surface area contributed by atoms with Gasteiger partial charge in [0.05, 0.1) is 36.1 Å². The van der Waals surface area contributed by atoms with Crippen molar-refractivity contribution in [2.24, 2.45) is 4.99 Å². The Labute approximate surface area is 206 Å². The molecule has 0 aliphatic carbocycles. The monoisotopic (exact) mass is 493 g/mol. The Hall–Kier alpha value is -3.72. The van der Waals surface area contributed by atoms with Gasteiger partial charge in [0.15, 0.2) is 16.3 Å². The number of allylic oxidation sites excluding steroid dienone is 1. The molecule has 0 amide bonds. The van der Waals surface area contributed by atoms with Crippen LogP contribution in [-0.4, -0.2) is 35.8 Å². The van der Waals surface area contributed by atoms with Gasteiger partial charge >= 0.3 is 5.97 Å². The summed E-state index contributed by atoms with van der Waals surface area (Å²) in [5, 5.41) is 0. The second-order valence-electron chi connectivity index (χ2n) is 7.82. The minimum atomic E-state index is -0.789. The van der Waals surface area contributed by atoms with Gasteiger partial charge in [0.25, 0.3) is 5.56 Å². The van der Waals surface area contributed by atoms with E-state index >= 15 is 0 Å². The molecule has 0 saturated heterocycles. The summed E-state index contributed by atoms with van der Waals surface area (Å²) < 4.78 is 19.1. The van der Waals surface area contributed by atoms with Crippen LogP contribution in [0.4, 0.5) is 0 Å². The quantitative estimate of drug-likeness (QED) is 0.448. The number of ether oxygens (including phenoxy) is 3. The van der Waals surface area contributed by atoms with E-state index in [-0.39, 0.29) is 12.2 Å². The molecule has 2 aromatic heterocycles. The van der Waals surface area contributed by atoms with Gasteiger partial charge in [0.1, 0.15) is 6.04 Å². The predicted molar refractivity (Wildman–Crippen MR) is 133 cm³/mol. The molecule has 3 aromatic rings. The molecular weight excluding hydrogens is 466 g/mol. The molecule has 1 aliphatic rings. The average Bonchev–Trinajstić information content (AvgIpc) is 3.16. The zero-order valence-electron chi connectivity index (χ0n) is 20.1. The molecule has 9 heteroatoms. The molecular formula is C26H27N3O5S. The van der Waals surface area contributed by atoms with E-state index in [0.717, 1.165) is 12.0 Å². The highest BCUT2D eigenvalue weighted by atomic mass is 32.1. The summed E-state index contributed by atoms with van der Waals surface area (Å²) in [4.78, 5) is 36.1. The summed E-state index contributed by atoms with van der Waals surface area (Å²) >= 11 is 1.26. The van der Waals surface area contributed by atoms with Crippen LogP contribution >= 0.6 is 11.3 Å². The lowest BCUT2D eigenvalue weighted by Crippen LogP contribution is -2.40. The normalized spacial score (nSPS) is 15.4. The second-order valence-corrected chi connectivity index (χ2v) is 8.82. The van der Waals surface area contributed by atoms with Gasteiger partial charge in [-0.3, -0.25) is 14.3 Å². The SMILES string of the molecule is CCCOc1c(OC)cccc1C1C(C(=O)OCC)=C(C)N=c2sc(=Cc3cccnc3)c(=O)n21. The fourth-order valence-corrected chi connectivity index (χ4v) is 5.01. The number of aromatic nitrogens is 2. The van der Waals surface area contributed by atoms with Crippen LogP contribution in [0.1, 0.15) is 44.4 Å². The van der Waals surface area contributed by atoms with E-state index < -0.39 is 12.0 Å². The van der Waals surface area contributed by atoms with Crippen LogP contribution < -0.4 is 24.4 Å². The highest BCUT2D eigenvalue weighted by molar-refractivity contribution is 7.07. The fourth-order valence-electron chi connectivity index (χ4n) is 3.97. The van der Waals surface area contributed by atoms with E-state index in [4.69, 9.17) is 14.2 Å². The second kappa shape index (κ2) is 10.7. The summed E-state index contributed by atoms with van der Waals surface area (Å²) in [6.07, 6.45) is 5.92. The number of nitrogens with zero attached hydrogens (tertiary/aromatic N) is 3. The minimum Gasteiger partial charge on any atom is -0.493 e. The largest absolute Gasteiger partial charge is 0.493 e. The summed E-state index contributed by atoms with van der Waals surface area (Å²) in [6.45, 7) is 6.15. The van der Waals surface area contributed by atoms with Crippen molar-refractivity contribution in [2.45, 2.75) is 33.2 Å². The maximum Gasteiger partial charge on any atom is 0.338 e. The van der Waals surface area contributed by atoms with Gasteiger partial charge in [-0.2, -0.15) is 0 Å². The molecule has 182 valence electrons. The molecule has 1 aliphatic heterocycles. The Morgan fingerprint density at radius 1 is 1.23 bits per heavy atom. The first-order valence-electron chi connectivity index (χ1n) is 11.4. The van der Waals surface area contributed by atoms with Crippen LogP contribution in [0.15, 0.2) is 63.8 Å². The number of thiazole rings is 1. The summed E-state index contributed by atoms with van der Waals surface area (Å²) in [5.74, 6) is 0.482. The Balaban J connectivity index is 2.01. The van der Waals surface area contributed by atoms with E-state index in [2.05, 4.69) is 9.98 Å². The lowest BCUT2D eigenvalue weighted by Gasteiger charge is -2.27. The van der Waals surface area contributed by atoms with Crippen molar-refractivity contribution in [3.63, 3.8) is 0 Å². The molecule has 1 unspecified atom stereocenters. The molecule has 35 heavy (non-hydrogen) atoms. The van der Waals surface area contributed by atoms with E-state index in [1.54, 1.807) is 50.1 Å². The zero-order chi connectivity index (χ0) is 24.9.